The molecule has 1 amide bonds. The first-order valence-corrected chi connectivity index (χ1v) is 9.56. The van der Waals surface area contributed by atoms with Gasteiger partial charge in [0.1, 0.15) is 18.1 Å². The Morgan fingerprint density at radius 3 is 2.59 bits per heavy atom. The first kappa shape index (κ1) is 19.8. The summed E-state index contributed by atoms with van der Waals surface area (Å²) in [6.45, 7) is 4.28. The summed E-state index contributed by atoms with van der Waals surface area (Å²) in [5.41, 5.74) is 0.654. The van der Waals surface area contributed by atoms with Gasteiger partial charge in [-0.3, -0.25) is 9.69 Å². The van der Waals surface area contributed by atoms with Crippen LogP contribution in [0.4, 0.5) is 0 Å². The number of halogens is 2. The summed E-state index contributed by atoms with van der Waals surface area (Å²) >= 11 is 12.1. The lowest BCUT2D eigenvalue weighted by Crippen LogP contribution is -2.49. The van der Waals surface area contributed by atoms with E-state index in [-0.39, 0.29) is 5.91 Å². The van der Waals surface area contributed by atoms with Gasteiger partial charge in [-0.1, -0.05) is 29.3 Å². The Balaban J connectivity index is 1.46. The topological polar surface area (TPSA) is 42.0 Å². The molecule has 0 radical (unpaired) electrons. The maximum Gasteiger partial charge on any atom is 0.254 e. The molecule has 2 aromatic rings. The summed E-state index contributed by atoms with van der Waals surface area (Å²) in [4.78, 5) is 16.8. The van der Waals surface area contributed by atoms with E-state index >= 15 is 0 Å². The highest BCUT2D eigenvalue weighted by Crippen LogP contribution is 2.27. The molecule has 2 aromatic carbocycles. The molecule has 1 aliphatic heterocycles. The third kappa shape index (κ3) is 5.28. The van der Waals surface area contributed by atoms with Crippen LogP contribution in [0.2, 0.25) is 10.0 Å². The number of piperazine rings is 1. The second-order valence-electron chi connectivity index (χ2n) is 6.29. The number of hydrogen-bond acceptors (Lipinski definition) is 4. The van der Waals surface area contributed by atoms with E-state index < -0.39 is 0 Å². The quantitative estimate of drug-likeness (QED) is 0.727. The number of hydrogen-bond donors (Lipinski definition) is 0. The Morgan fingerprint density at radius 1 is 1.07 bits per heavy atom. The van der Waals surface area contributed by atoms with Crippen molar-refractivity contribution < 1.29 is 14.3 Å². The largest absolute Gasteiger partial charge is 0.497 e. The third-order valence-electron chi connectivity index (χ3n) is 4.53. The number of amides is 1. The SMILES string of the molecule is COc1cccc(C(=O)N2CCN(CCOc3cc(Cl)ccc3Cl)CC2)c1. The van der Waals surface area contributed by atoms with Crippen molar-refractivity contribution in [1.82, 2.24) is 9.80 Å². The van der Waals surface area contributed by atoms with Crippen LogP contribution in [-0.2, 0) is 0 Å². The van der Waals surface area contributed by atoms with E-state index in [1.54, 1.807) is 31.4 Å². The molecule has 0 spiro atoms. The minimum atomic E-state index is 0.0375. The van der Waals surface area contributed by atoms with Crippen LogP contribution in [0, 0.1) is 0 Å². The molecule has 1 saturated heterocycles. The number of benzene rings is 2. The molecule has 0 atom stereocenters. The average molecular weight is 409 g/mol. The number of methoxy groups -OCH3 is 1. The summed E-state index contributed by atoms with van der Waals surface area (Å²) in [6, 6.07) is 12.4. The van der Waals surface area contributed by atoms with Gasteiger partial charge in [0.05, 0.1) is 12.1 Å². The van der Waals surface area contributed by atoms with Crippen molar-refractivity contribution >= 4 is 29.1 Å². The zero-order valence-corrected chi connectivity index (χ0v) is 16.7. The van der Waals surface area contributed by atoms with Crippen molar-refractivity contribution in [2.75, 3.05) is 46.4 Å². The van der Waals surface area contributed by atoms with Gasteiger partial charge in [0, 0.05) is 49.4 Å². The molecule has 0 unspecified atom stereocenters. The number of carbonyl (C=O) groups is 1. The lowest BCUT2D eigenvalue weighted by atomic mass is 10.1. The maximum absolute atomic E-state index is 12.6. The van der Waals surface area contributed by atoms with Gasteiger partial charge < -0.3 is 14.4 Å². The first-order chi connectivity index (χ1) is 13.1. The number of ether oxygens (including phenoxy) is 2. The molecule has 0 N–H and O–H groups in total. The van der Waals surface area contributed by atoms with Crippen LogP contribution in [0.25, 0.3) is 0 Å². The zero-order chi connectivity index (χ0) is 19.2. The van der Waals surface area contributed by atoms with Gasteiger partial charge in [0.25, 0.3) is 5.91 Å². The van der Waals surface area contributed by atoms with E-state index in [0.717, 1.165) is 19.6 Å². The molecule has 0 bridgehead atoms. The van der Waals surface area contributed by atoms with Gasteiger partial charge in [0.15, 0.2) is 0 Å². The van der Waals surface area contributed by atoms with Crippen molar-refractivity contribution in [3.05, 3.63) is 58.1 Å². The smallest absolute Gasteiger partial charge is 0.254 e. The van der Waals surface area contributed by atoms with Gasteiger partial charge in [-0.2, -0.15) is 0 Å². The van der Waals surface area contributed by atoms with Crippen LogP contribution in [0.15, 0.2) is 42.5 Å². The molecule has 1 fully saturated rings. The van der Waals surface area contributed by atoms with E-state index in [1.165, 1.54) is 0 Å². The predicted octanol–water partition coefficient (Wildman–Crippen LogP) is 3.84. The van der Waals surface area contributed by atoms with Crippen molar-refractivity contribution in [1.29, 1.82) is 0 Å². The van der Waals surface area contributed by atoms with Gasteiger partial charge in [0.2, 0.25) is 0 Å². The van der Waals surface area contributed by atoms with Crippen LogP contribution in [-0.4, -0.2) is 62.1 Å². The molecule has 3 rings (SSSR count). The molecule has 5 nitrogen and oxygen atoms in total. The Labute approximate surface area is 169 Å². The van der Waals surface area contributed by atoms with Crippen molar-refractivity contribution in [3.8, 4) is 11.5 Å². The minimum Gasteiger partial charge on any atom is -0.497 e. The fraction of sp³-hybridized carbons (Fsp3) is 0.350. The lowest BCUT2D eigenvalue weighted by Gasteiger charge is -2.34. The highest BCUT2D eigenvalue weighted by Gasteiger charge is 2.22. The van der Waals surface area contributed by atoms with Gasteiger partial charge in [-0.05, 0) is 30.3 Å². The van der Waals surface area contributed by atoms with Gasteiger partial charge >= 0.3 is 0 Å². The second-order valence-corrected chi connectivity index (χ2v) is 7.13. The predicted molar refractivity (Wildman–Crippen MR) is 107 cm³/mol. The second kappa shape index (κ2) is 9.31. The number of rotatable bonds is 6. The van der Waals surface area contributed by atoms with Crippen LogP contribution >= 0.6 is 23.2 Å². The normalized spacial score (nSPS) is 14.9. The van der Waals surface area contributed by atoms with Crippen LogP contribution < -0.4 is 9.47 Å². The number of carbonyl (C=O) groups excluding carboxylic acids is 1. The van der Waals surface area contributed by atoms with Crippen LogP contribution in [0.5, 0.6) is 11.5 Å². The molecule has 7 heteroatoms. The monoisotopic (exact) mass is 408 g/mol. The molecule has 1 heterocycles. The Hall–Kier alpha value is -1.95. The fourth-order valence-corrected chi connectivity index (χ4v) is 3.32. The fourth-order valence-electron chi connectivity index (χ4n) is 2.99. The molecule has 0 aliphatic carbocycles. The maximum atomic E-state index is 12.6. The summed E-state index contributed by atoms with van der Waals surface area (Å²) in [5, 5.41) is 1.15. The first-order valence-electron chi connectivity index (χ1n) is 8.80. The summed E-state index contributed by atoms with van der Waals surface area (Å²) in [5.74, 6) is 1.32. The van der Waals surface area contributed by atoms with Crippen molar-refractivity contribution in [2.45, 2.75) is 0 Å². The molecule has 0 aromatic heterocycles. The van der Waals surface area contributed by atoms with E-state index in [9.17, 15) is 4.79 Å². The molecular weight excluding hydrogens is 387 g/mol. The molecule has 1 aliphatic rings. The summed E-state index contributed by atoms with van der Waals surface area (Å²) < 4.78 is 10.9. The summed E-state index contributed by atoms with van der Waals surface area (Å²) in [7, 11) is 1.60. The number of nitrogens with zero attached hydrogens (tertiary/aromatic N) is 2. The molecular formula is C20H22Cl2N2O3. The van der Waals surface area contributed by atoms with Crippen LogP contribution in [0.3, 0.4) is 0 Å². The molecule has 144 valence electrons. The van der Waals surface area contributed by atoms with Crippen molar-refractivity contribution in [2.24, 2.45) is 0 Å². The van der Waals surface area contributed by atoms with Gasteiger partial charge in [-0.15, -0.1) is 0 Å². The zero-order valence-electron chi connectivity index (χ0n) is 15.2. The highest BCUT2D eigenvalue weighted by atomic mass is 35.5. The Kier molecular flexibility index (Phi) is 6.83. The van der Waals surface area contributed by atoms with E-state index in [0.29, 0.717) is 46.8 Å². The van der Waals surface area contributed by atoms with Gasteiger partial charge in [-0.25, -0.2) is 0 Å². The van der Waals surface area contributed by atoms with E-state index in [2.05, 4.69) is 4.90 Å². The van der Waals surface area contributed by atoms with Crippen molar-refractivity contribution in [3.63, 3.8) is 0 Å². The van der Waals surface area contributed by atoms with Crippen LogP contribution in [0.1, 0.15) is 10.4 Å². The Bertz CT molecular complexity index is 793. The van der Waals surface area contributed by atoms with E-state index in [4.69, 9.17) is 32.7 Å². The molecule has 0 saturated carbocycles. The molecule has 27 heavy (non-hydrogen) atoms. The highest BCUT2D eigenvalue weighted by molar-refractivity contribution is 6.34. The standard InChI is InChI=1S/C20H22Cl2N2O3/c1-26-17-4-2-3-15(13-17)20(25)24-9-7-23(8-10-24)11-12-27-19-14-16(21)5-6-18(19)22/h2-6,13-14H,7-12H2,1H3. The Morgan fingerprint density at radius 2 is 1.85 bits per heavy atom. The van der Waals surface area contributed by atoms with E-state index in [1.807, 2.05) is 23.1 Å². The lowest BCUT2D eigenvalue weighted by molar-refractivity contribution is 0.0620. The summed E-state index contributed by atoms with van der Waals surface area (Å²) in [6.07, 6.45) is 0. The average Bonchev–Trinajstić information content (AvgIpc) is 2.70. The minimum absolute atomic E-state index is 0.0375. The third-order valence-corrected chi connectivity index (χ3v) is 5.08.